The minimum atomic E-state index is -0.233. The number of carbonyl (C=O) groups is 2. The summed E-state index contributed by atoms with van der Waals surface area (Å²) in [6.45, 7) is 2.49. The fraction of sp³-hybridized carbons (Fsp3) is 0.778. The van der Waals surface area contributed by atoms with Crippen LogP contribution in [0.3, 0.4) is 0 Å². The number of hydrogen-bond acceptors (Lipinski definition) is 3. The Labute approximate surface area is 82.4 Å². The SMILES string of the molecule is CC(=O)NCC1CN(C2CC2)C(=O)O1. The van der Waals surface area contributed by atoms with E-state index in [1.165, 1.54) is 6.92 Å². The molecule has 0 aromatic rings. The van der Waals surface area contributed by atoms with Gasteiger partial charge in [-0.05, 0) is 12.8 Å². The van der Waals surface area contributed by atoms with Gasteiger partial charge in [-0.2, -0.15) is 0 Å². The Kier molecular flexibility index (Phi) is 2.31. The molecule has 1 N–H and O–H groups in total. The number of nitrogens with one attached hydrogen (secondary N) is 1. The number of cyclic esters (lactones) is 1. The van der Waals surface area contributed by atoms with Crippen LogP contribution in [0.25, 0.3) is 0 Å². The van der Waals surface area contributed by atoms with E-state index in [-0.39, 0.29) is 18.1 Å². The minimum absolute atomic E-state index is 0.0917. The van der Waals surface area contributed by atoms with Crippen molar-refractivity contribution in [2.45, 2.75) is 31.9 Å². The maximum absolute atomic E-state index is 11.3. The van der Waals surface area contributed by atoms with Crippen molar-refractivity contribution >= 4 is 12.0 Å². The number of rotatable bonds is 3. The van der Waals surface area contributed by atoms with E-state index in [1.54, 1.807) is 4.90 Å². The van der Waals surface area contributed by atoms with Crippen LogP contribution in [-0.4, -0.2) is 42.1 Å². The average molecular weight is 198 g/mol. The minimum Gasteiger partial charge on any atom is -0.442 e. The Balaban J connectivity index is 1.80. The number of nitrogens with zero attached hydrogens (tertiary/aromatic N) is 1. The molecule has 1 unspecified atom stereocenters. The van der Waals surface area contributed by atoms with Crippen molar-refractivity contribution in [3.05, 3.63) is 0 Å². The number of hydrogen-bond donors (Lipinski definition) is 1. The second-order valence-corrected chi connectivity index (χ2v) is 3.83. The Hall–Kier alpha value is -1.26. The topological polar surface area (TPSA) is 58.6 Å². The Bertz CT molecular complexity index is 263. The summed E-state index contributed by atoms with van der Waals surface area (Å²) in [5.41, 5.74) is 0. The molecular formula is C9H14N2O3. The molecule has 5 nitrogen and oxygen atoms in total. The zero-order chi connectivity index (χ0) is 10.1. The molecule has 0 spiro atoms. The molecule has 1 saturated heterocycles. The van der Waals surface area contributed by atoms with E-state index >= 15 is 0 Å². The molecule has 0 radical (unpaired) electrons. The van der Waals surface area contributed by atoms with Gasteiger partial charge in [0.15, 0.2) is 0 Å². The molecule has 0 aromatic heterocycles. The Morgan fingerprint density at radius 2 is 2.36 bits per heavy atom. The molecule has 2 fully saturated rings. The first kappa shape index (κ1) is 9.30. The summed E-state index contributed by atoms with van der Waals surface area (Å²) >= 11 is 0. The molecule has 14 heavy (non-hydrogen) atoms. The van der Waals surface area contributed by atoms with E-state index in [0.717, 1.165) is 12.8 Å². The highest BCUT2D eigenvalue weighted by Crippen LogP contribution is 2.30. The van der Waals surface area contributed by atoms with Gasteiger partial charge in [0.25, 0.3) is 0 Å². The van der Waals surface area contributed by atoms with Gasteiger partial charge in [0, 0.05) is 13.0 Å². The quantitative estimate of drug-likeness (QED) is 0.700. The first-order valence-electron chi connectivity index (χ1n) is 4.88. The maximum Gasteiger partial charge on any atom is 0.410 e. The lowest BCUT2D eigenvalue weighted by Crippen LogP contribution is -2.33. The number of carbonyl (C=O) groups excluding carboxylic acids is 2. The third-order valence-electron chi connectivity index (χ3n) is 2.47. The van der Waals surface area contributed by atoms with Gasteiger partial charge >= 0.3 is 6.09 Å². The van der Waals surface area contributed by atoms with Crippen LogP contribution < -0.4 is 5.32 Å². The molecule has 2 aliphatic rings. The third-order valence-corrected chi connectivity index (χ3v) is 2.47. The Morgan fingerprint density at radius 1 is 1.64 bits per heavy atom. The fourth-order valence-electron chi connectivity index (χ4n) is 1.59. The molecule has 0 aromatic carbocycles. The maximum atomic E-state index is 11.3. The van der Waals surface area contributed by atoms with Crippen LogP contribution in [0.2, 0.25) is 0 Å². The van der Waals surface area contributed by atoms with Gasteiger partial charge in [-0.1, -0.05) is 0 Å². The second-order valence-electron chi connectivity index (χ2n) is 3.83. The van der Waals surface area contributed by atoms with E-state index < -0.39 is 0 Å². The normalized spacial score (nSPS) is 26.2. The average Bonchev–Trinajstić information content (AvgIpc) is 2.88. The van der Waals surface area contributed by atoms with Gasteiger partial charge in [0.1, 0.15) is 6.10 Å². The predicted molar refractivity (Wildman–Crippen MR) is 48.7 cm³/mol. The highest BCUT2D eigenvalue weighted by Gasteiger charge is 2.40. The first-order valence-corrected chi connectivity index (χ1v) is 4.88. The molecule has 0 bridgehead atoms. The molecule has 1 aliphatic carbocycles. The van der Waals surface area contributed by atoms with Crippen molar-refractivity contribution in [2.24, 2.45) is 0 Å². The van der Waals surface area contributed by atoms with Gasteiger partial charge in [-0.25, -0.2) is 4.79 Å². The van der Waals surface area contributed by atoms with Crippen molar-refractivity contribution in [1.82, 2.24) is 10.2 Å². The summed E-state index contributed by atoms with van der Waals surface area (Å²) in [5.74, 6) is -0.0917. The summed E-state index contributed by atoms with van der Waals surface area (Å²) in [5, 5.41) is 2.65. The van der Waals surface area contributed by atoms with Crippen LogP contribution in [0.5, 0.6) is 0 Å². The largest absolute Gasteiger partial charge is 0.442 e. The summed E-state index contributed by atoms with van der Waals surface area (Å²) in [6.07, 6.45) is 1.76. The lowest BCUT2D eigenvalue weighted by Gasteiger charge is -2.10. The molecule has 1 heterocycles. The van der Waals surface area contributed by atoms with Gasteiger partial charge in [-0.3, -0.25) is 4.79 Å². The lowest BCUT2D eigenvalue weighted by atomic mass is 10.3. The molecule has 1 atom stereocenters. The summed E-state index contributed by atoms with van der Waals surface area (Å²) in [7, 11) is 0. The van der Waals surface area contributed by atoms with Crippen LogP contribution in [-0.2, 0) is 9.53 Å². The highest BCUT2D eigenvalue weighted by atomic mass is 16.6. The molecule has 2 amide bonds. The molecule has 1 aliphatic heterocycles. The van der Waals surface area contributed by atoms with E-state index in [1.807, 2.05) is 0 Å². The van der Waals surface area contributed by atoms with Crippen LogP contribution in [0.1, 0.15) is 19.8 Å². The zero-order valence-electron chi connectivity index (χ0n) is 8.16. The zero-order valence-corrected chi connectivity index (χ0v) is 8.16. The van der Waals surface area contributed by atoms with Crippen molar-refractivity contribution in [2.75, 3.05) is 13.1 Å². The summed E-state index contributed by atoms with van der Waals surface area (Å²) in [6, 6.07) is 0.393. The van der Waals surface area contributed by atoms with Gasteiger partial charge < -0.3 is 15.0 Å². The molecule has 1 saturated carbocycles. The molecular weight excluding hydrogens is 184 g/mol. The summed E-state index contributed by atoms with van der Waals surface area (Å²) < 4.78 is 5.10. The smallest absolute Gasteiger partial charge is 0.410 e. The fourth-order valence-corrected chi connectivity index (χ4v) is 1.59. The van der Waals surface area contributed by atoms with Crippen LogP contribution >= 0.6 is 0 Å². The lowest BCUT2D eigenvalue weighted by molar-refractivity contribution is -0.119. The van der Waals surface area contributed by atoms with E-state index in [2.05, 4.69) is 5.32 Å². The van der Waals surface area contributed by atoms with E-state index in [0.29, 0.717) is 19.1 Å². The van der Waals surface area contributed by atoms with Gasteiger partial charge in [0.2, 0.25) is 5.91 Å². The monoisotopic (exact) mass is 198 g/mol. The van der Waals surface area contributed by atoms with Crippen molar-refractivity contribution in [3.63, 3.8) is 0 Å². The standard InChI is InChI=1S/C9H14N2O3/c1-6(12)10-4-8-5-11(7-2-3-7)9(13)14-8/h7-8H,2-5H2,1H3,(H,10,12). The number of ether oxygens (including phenoxy) is 1. The number of amides is 2. The summed E-state index contributed by atoms with van der Waals surface area (Å²) in [4.78, 5) is 23.7. The van der Waals surface area contributed by atoms with Gasteiger partial charge in [0.05, 0.1) is 13.1 Å². The van der Waals surface area contributed by atoms with Crippen molar-refractivity contribution < 1.29 is 14.3 Å². The van der Waals surface area contributed by atoms with Crippen LogP contribution in [0.4, 0.5) is 4.79 Å². The first-order chi connectivity index (χ1) is 6.66. The van der Waals surface area contributed by atoms with Gasteiger partial charge in [-0.15, -0.1) is 0 Å². The second kappa shape index (κ2) is 3.48. The Morgan fingerprint density at radius 3 is 2.93 bits per heavy atom. The highest BCUT2D eigenvalue weighted by molar-refractivity contribution is 5.73. The van der Waals surface area contributed by atoms with Crippen LogP contribution in [0.15, 0.2) is 0 Å². The predicted octanol–water partition coefficient (Wildman–Crippen LogP) is 0.106. The molecule has 2 rings (SSSR count). The van der Waals surface area contributed by atoms with Crippen molar-refractivity contribution in [3.8, 4) is 0 Å². The van der Waals surface area contributed by atoms with E-state index in [4.69, 9.17) is 4.74 Å². The van der Waals surface area contributed by atoms with Crippen molar-refractivity contribution in [1.29, 1.82) is 0 Å². The van der Waals surface area contributed by atoms with E-state index in [9.17, 15) is 9.59 Å². The van der Waals surface area contributed by atoms with Crippen LogP contribution in [0, 0.1) is 0 Å². The third kappa shape index (κ3) is 1.97. The molecule has 5 heteroatoms. The molecule has 78 valence electrons.